The number of thioether (sulfide) groups is 1. The summed E-state index contributed by atoms with van der Waals surface area (Å²) < 4.78 is 0. The molecule has 1 unspecified atom stereocenters. The summed E-state index contributed by atoms with van der Waals surface area (Å²) in [5, 5.41) is 0. The minimum Gasteiger partial charge on any atom is -0.342 e. The number of hydrogen-bond donors (Lipinski definition) is 1. The van der Waals surface area contributed by atoms with Crippen molar-refractivity contribution in [1.29, 1.82) is 0 Å². The Morgan fingerprint density at radius 2 is 2.16 bits per heavy atom. The van der Waals surface area contributed by atoms with Crippen LogP contribution in [0.4, 0.5) is 0 Å². The van der Waals surface area contributed by atoms with Crippen molar-refractivity contribution in [3.05, 3.63) is 30.3 Å². The molecule has 104 valence electrons. The van der Waals surface area contributed by atoms with Gasteiger partial charge in [-0.3, -0.25) is 4.79 Å². The molecule has 1 aromatic rings. The van der Waals surface area contributed by atoms with Crippen LogP contribution in [0.5, 0.6) is 0 Å². The first kappa shape index (κ1) is 14.4. The van der Waals surface area contributed by atoms with E-state index >= 15 is 0 Å². The fourth-order valence-corrected chi connectivity index (χ4v) is 3.39. The second kappa shape index (κ2) is 7.56. The Labute approximate surface area is 119 Å². The molecular weight excluding hydrogens is 256 g/mol. The predicted octanol–water partition coefficient (Wildman–Crippen LogP) is 2.37. The predicted molar refractivity (Wildman–Crippen MR) is 80.1 cm³/mol. The van der Waals surface area contributed by atoms with Gasteiger partial charge in [0.1, 0.15) is 0 Å². The Morgan fingerprint density at radius 3 is 2.89 bits per heavy atom. The van der Waals surface area contributed by atoms with Crippen LogP contribution < -0.4 is 5.73 Å². The van der Waals surface area contributed by atoms with Gasteiger partial charge in [0.05, 0.1) is 0 Å². The van der Waals surface area contributed by atoms with E-state index in [-0.39, 0.29) is 5.91 Å². The van der Waals surface area contributed by atoms with Gasteiger partial charge in [0.15, 0.2) is 0 Å². The third-order valence-corrected chi connectivity index (χ3v) is 4.71. The van der Waals surface area contributed by atoms with E-state index in [4.69, 9.17) is 5.73 Å². The van der Waals surface area contributed by atoms with Gasteiger partial charge in [0.25, 0.3) is 0 Å². The first-order chi connectivity index (χ1) is 9.29. The molecule has 0 aliphatic carbocycles. The van der Waals surface area contributed by atoms with Crippen molar-refractivity contribution in [3.63, 3.8) is 0 Å². The van der Waals surface area contributed by atoms with E-state index < -0.39 is 0 Å². The minimum atomic E-state index is 0.276. The van der Waals surface area contributed by atoms with E-state index in [1.807, 2.05) is 22.7 Å². The average Bonchev–Trinajstić information content (AvgIpc) is 2.92. The number of hydrogen-bond acceptors (Lipinski definition) is 3. The van der Waals surface area contributed by atoms with Crippen LogP contribution in [0.2, 0.25) is 0 Å². The molecule has 1 heterocycles. The Morgan fingerprint density at radius 1 is 1.37 bits per heavy atom. The first-order valence-corrected chi connectivity index (χ1v) is 7.94. The van der Waals surface area contributed by atoms with Crippen molar-refractivity contribution >= 4 is 17.7 Å². The van der Waals surface area contributed by atoms with E-state index in [0.29, 0.717) is 18.9 Å². The molecule has 1 atom stereocenters. The van der Waals surface area contributed by atoms with Gasteiger partial charge in [-0.05, 0) is 37.4 Å². The maximum atomic E-state index is 11.9. The highest BCUT2D eigenvalue weighted by Crippen LogP contribution is 2.26. The number of likely N-dealkylation sites (tertiary alicyclic amines) is 1. The highest BCUT2D eigenvalue weighted by atomic mass is 32.2. The molecule has 2 rings (SSSR count). The SMILES string of the molecule is NCCCC(=O)N1CCC(CSc2ccccc2)C1. The van der Waals surface area contributed by atoms with Crippen LogP contribution in [0.3, 0.4) is 0 Å². The lowest BCUT2D eigenvalue weighted by Crippen LogP contribution is -2.29. The van der Waals surface area contributed by atoms with E-state index in [9.17, 15) is 4.79 Å². The number of rotatable bonds is 6. The minimum absolute atomic E-state index is 0.276. The highest BCUT2D eigenvalue weighted by molar-refractivity contribution is 7.99. The Hall–Kier alpha value is -1.00. The zero-order valence-electron chi connectivity index (χ0n) is 11.3. The van der Waals surface area contributed by atoms with Gasteiger partial charge in [0.2, 0.25) is 5.91 Å². The number of carbonyl (C=O) groups is 1. The molecule has 2 N–H and O–H groups in total. The molecule has 4 heteroatoms. The molecular formula is C15H22N2OS. The zero-order valence-corrected chi connectivity index (χ0v) is 12.1. The normalized spacial score (nSPS) is 18.8. The van der Waals surface area contributed by atoms with Crippen molar-refractivity contribution in [2.45, 2.75) is 24.2 Å². The molecule has 1 aromatic carbocycles. The molecule has 1 fully saturated rings. The zero-order chi connectivity index (χ0) is 13.5. The fraction of sp³-hybridized carbons (Fsp3) is 0.533. The van der Waals surface area contributed by atoms with Crippen molar-refractivity contribution < 1.29 is 4.79 Å². The average molecular weight is 278 g/mol. The summed E-state index contributed by atoms with van der Waals surface area (Å²) in [6.45, 7) is 2.44. The van der Waals surface area contributed by atoms with Crippen molar-refractivity contribution in [2.24, 2.45) is 11.7 Å². The topological polar surface area (TPSA) is 46.3 Å². The summed E-state index contributed by atoms with van der Waals surface area (Å²) >= 11 is 1.89. The van der Waals surface area contributed by atoms with Crippen LogP contribution in [-0.4, -0.2) is 36.2 Å². The molecule has 1 aliphatic rings. The number of nitrogens with two attached hydrogens (primary N) is 1. The van der Waals surface area contributed by atoms with Gasteiger partial charge >= 0.3 is 0 Å². The first-order valence-electron chi connectivity index (χ1n) is 6.95. The quantitative estimate of drug-likeness (QED) is 0.813. The van der Waals surface area contributed by atoms with Crippen LogP contribution >= 0.6 is 11.8 Å². The van der Waals surface area contributed by atoms with Gasteiger partial charge < -0.3 is 10.6 Å². The van der Waals surface area contributed by atoms with E-state index in [2.05, 4.69) is 24.3 Å². The van der Waals surface area contributed by atoms with Crippen LogP contribution in [-0.2, 0) is 4.79 Å². The van der Waals surface area contributed by atoms with Gasteiger partial charge in [0, 0.05) is 30.2 Å². The molecule has 0 saturated carbocycles. The summed E-state index contributed by atoms with van der Waals surface area (Å²) in [7, 11) is 0. The maximum absolute atomic E-state index is 11.9. The van der Waals surface area contributed by atoms with Crippen LogP contribution in [0, 0.1) is 5.92 Å². The van der Waals surface area contributed by atoms with Crippen LogP contribution in [0.1, 0.15) is 19.3 Å². The Balaban J connectivity index is 1.71. The summed E-state index contributed by atoms with van der Waals surface area (Å²) in [5.41, 5.74) is 5.44. The van der Waals surface area contributed by atoms with E-state index in [1.165, 1.54) is 4.90 Å². The van der Waals surface area contributed by atoms with Crippen LogP contribution in [0.15, 0.2) is 35.2 Å². The van der Waals surface area contributed by atoms with Crippen LogP contribution in [0.25, 0.3) is 0 Å². The highest BCUT2D eigenvalue weighted by Gasteiger charge is 2.25. The third kappa shape index (κ3) is 4.55. The molecule has 19 heavy (non-hydrogen) atoms. The summed E-state index contributed by atoms with van der Waals surface area (Å²) in [5.74, 6) is 2.01. The monoisotopic (exact) mass is 278 g/mol. The summed E-state index contributed by atoms with van der Waals surface area (Å²) in [4.78, 5) is 15.2. The van der Waals surface area contributed by atoms with Crippen molar-refractivity contribution in [1.82, 2.24) is 4.90 Å². The number of nitrogens with zero attached hydrogens (tertiary/aromatic N) is 1. The molecule has 1 saturated heterocycles. The Bertz CT molecular complexity index is 396. The summed E-state index contributed by atoms with van der Waals surface area (Å²) in [6.07, 6.45) is 2.54. The summed E-state index contributed by atoms with van der Waals surface area (Å²) in [6, 6.07) is 10.5. The lowest BCUT2D eigenvalue weighted by molar-refractivity contribution is -0.130. The molecule has 0 bridgehead atoms. The Kier molecular flexibility index (Phi) is 5.73. The fourth-order valence-electron chi connectivity index (χ4n) is 2.34. The second-order valence-electron chi connectivity index (χ2n) is 5.01. The van der Waals surface area contributed by atoms with Crippen molar-refractivity contribution in [2.75, 3.05) is 25.4 Å². The van der Waals surface area contributed by atoms with E-state index in [0.717, 1.165) is 31.7 Å². The molecule has 0 aromatic heterocycles. The molecule has 0 spiro atoms. The van der Waals surface area contributed by atoms with Gasteiger partial charge in [-0.1, -0.05) is 18.2 Å². The molecule has 1 aliphatic heterocycles. The van der Waals surface area contributed by atoms with Gasteiger partial charge in [-0.25, -0.2) is 0 Å². The number of carbonyl (C=O) groups excluding carboxylic acids is 1. The largest absolute Gasteiger partial charge is 0.342 e. The molecule has 1 amide bonds. The second-order valence-corrected chi connectivity index (χ2v) is 6.10. The molecule has 3 nitrogen and oxygen atoms in total. The number of amides is 1. The van der Waals surface area contributed by atoms with Gasteiger partial charge in [-0.2, -0.15) is 0 Å². The standard InChI is InChI=1S/C15H22N2OS/c16-9-4-7-15(18)17-10-8-13(11-17)12-19-14-5-2-1-3-6-14/h1-3,5-6,13H,4,7-12,16H2. The lowest BCUT2D eigenvalue weighted by atomic mass is 10.2. The third-order valence-electron chi connectivity index (χ3n) is 3.46. The maximum Gasteiger partial charge on any atom is 0.222 e. The van der Waals surface area contributed by atoms with E-state index in [1.54, 1.807) is 0 Å². The molecule has 0 radical (unpaired) electrons. The van der Waals surface area contributed by atoms with Crippen molar-refractivity contribution in [3.8, 4) is 0 Å². The smallest absolute Gasteiger partial charge is 0.222 e. The number of benzene rings is 1. The van der Waals surface area contributed by atoms with Gasteiger partial charge in [-0.15, -0.1) is 11.8 Å². The lowest BCUT2D eigenvalue weighted by Gasteiger charge is -2.16.